The molecule has 0 nitrogen and oxygen atoms in total. The van der Waals surface area contributed by atoms with Gasteiger partial charge in [-0.15, -0.1) is 0 Å². The molecule has 0 fully saturated rings. The minimum Gasteiger partial charge on any atom is -0.0988 e. The first-order valence-electron chi connectivity index (χ1n) is 8.92. The van der Waals surface area contributed by atoms with Gasteiger partial charge in [0.15, 0.2) is 0 Å². The van der Waals surface area contributed by atoms with Crippen molar-refractivity contribution in [2.45, 2.75) is 84.5 Å². The lowest BCUT2D eigenvalue weighted by Crippen LogP contribution is -1.82. The van der Waals surface area contributed by atoms with Crippen molar-refractivity contribution in [2.75, 3.05) is 0 Å². The summed E-state index contributed by atoms with van der Waals surface area (Å²) in [6.07, 6.45) is 22.7. The molecule has 21 heavy (non-hydrogen) atoms. The summed E-state index contributed by atoms with van der Waals surface area (Å²) in [6, 6.07) is 0. The molecule has 0 aliphatic heterocycles. The van der Waals surface area contributed by atoms with Gasteiger partial charge >= 0.3 is 0 Å². The van der Waals surface area contributed by atoms with Gasteiger partial charge in [0.25, 0.3) is 0 Å². The zero-order valence-electron chi connectivity index (χ0n) is 14.5. The van der Waals surface area contributed by atoms with E-state index in [0.717, 1.165) is 12.8 Å². The van der Waals surface area contributed by atoms with Crippen LogP contribution < -0.4 is 0 Å². The van der Waals surface area contributed by atoms with Crippen LogP contribution in [-0.4, -0.2) is 0 Å². The number of rotatable bonds is 14. The van der Waals surface area contributed by atoms with Crippen LogP contribution in [-0.2, 0) is 0 Å². The van der Waals surface area contributed by atoms with Gasteiger partial charge in [0.05, 0.1) is 0 Å². The summed E-state index contributed by atoms with van der Waals surface area (Å²) in [4.78, 5) is 0. The van der Waals surface area contributed by atoms with E-state index in [0.29, 0.717) is 0 Å². The van der Waals surface area contributed by atoms with E-state index < -0.39 is 0 Å². The van der Waals surface area contributed by atoms with Gasteiger partial charge < -0.3 is 0 Å². The molecule has 0 aliphatic rings. The van der Waals surface area contributed by atoms with E-state index in [4.69, 9.17) is 0 Å². The highest BCUT2D eigenvalue weighted by Gasteiger charge is 1.93. The maximum atomic E-state index is 4.14. The summed E-state index contributed by atoms with van der Waals surface area (Å²) in [7, 11) is 0. The van der Waals surface area contributed by atoms with Crippen molar-refractivity contribution in [1.82, 2.24) is 0 Å². The van der Waals surface area contributed by atoms with E-state index in [1.165, 1.54) is 68.9 Å². The highest BCUT2D eigenvalue weighted by atomic mass is 14.0. The normalized spacial score (nSPS) is 12.0. The Kier molecular flexibility index (Phi) is 14.6. The third-order valence-corrected chi connectivity index (χ3v) is 3.82. The molecule has 0 N–H and O–H groups in total. The fourth-order valence-electron chi connectivity index (χ4n) is 2.36. The van der Waals surface area contributed by atoms with Crippen molar-refractivity contribution in [1.29, 1.82) is 0 Å². The Hall–Kier alpha value is -1.04. The summed E-state index contributed by atoms with van der Waals surface area (Å²) < 4.78 is 0. The Labute approximate surface area is 133 Å². The van der Waals surface area contributed by atoms with Crippen molar-refractivity contribution in [3.8, 4) is 0 Å². The van der Waals surface area contributed by atoms with E-state index in [1.807, 2.05) is 6.08 Å². The van der Waals surface area contributed by atoms with E-state index in [1.54, 1.807) is 0 Å². The molecule has 0 aromatic carbocycles. The molecule has 0 unspecified atom stereocenters. The Morgan fingerprint density at radius 3 is 2.00 bits per heavy atom. The highest BCUT2D eigenvalue weighted by Crippen LogP contribution is 2.13. The second kappa shape index (κ2) is 15.4. The first kappa shape index (κ1) is 20.0. The van der Waals surface area contributed by atoms with Crippen LogP contribution >= 0.6 is 0 Å². The Morgan fingerprint density at radius 1 is 0.810 bits per heavy atom. The summed E-state index contributed by atoms with van der Waals surface area (Å²) >= 11 is 0. The third-order valence-electron chi connectivity index (χ3n) is 3.82. The van der Waals surface area contributed by atoms with Gasteiger partial charge in [-0.2, -0.15) is 0 Å². The van der Waals surface area contributed by atoms with Crippen molar-refractivity contribution in [2.24, 2.45) is 0 Å². The smallest absolute Gasteiger partial charge is 0.0279 e. The van der Waals surface area contributed by atoms with E-state index >= 15 is 0 Å². The minimum atomic E-state index is 1.13. The molecule has 0 spiro atoms. The van der Waals surface area contributed by atoms with Crippen molar-refractivity contribution in [3.05, 3.63) is 48.6 Å². The summed E-state index contributed by atoms with van der Waals surface area (Å²) in [5.74, 6) is 0. The largest absolute Gasteiger partial charge is 0.0988 e. The monoisotopic (exact) mass is 288 g/mol. The molecular weight excluding hydrogens is 252 g/mol. The topological polar surface area (TPSA) is 0 Å². The van der Waals surface area contributed by atoms with Crippen molar-refractivity contribution in [3.63, 3.8) is 0 Å². The summed E-state index contributed by atoms with van der Waals surface area (Å²) in [5, 5.41) is 0. The summed E-state index contributed by atoms with van der Waals surface area (Å²) in [5.41, 5.74) is 2.59. The molecule has 0 bridgehead atoms. The molecule has 0 heterocycles. The molecule has 0 rings (SSSR count). The Bertz CT molecular complexity index is 317. The van der Waals surface area contributed by atoms with Crippen LogP contribution in [0, 0.1) is 0 Å². The van der Waals surface area contributed by atoms with Gasteiger partial charge in [-0.3, -0.25) is 0 Å². The number of allylic oxidation sites excluding steroid dienone is 6. The molecular formula is C21H36. The van der Waals surface area contributed by atoms with Crippen LogP contribution in [0.4, 0.5) is 0 Å². The molecule has 0 aliphatic carbocycles. The lowest BCUT2D eigenvalue weighted by Gasteiger charge is -2.01. The maximum absolute atomic E-state index is 4.14. The predicted octanol–water partition coefficient (Wildman–Crippen LogP) is 7.54. The number of hydrogen-bond donors (Lipinski definition) is 0. The van der Waals surface area contributed by atoms with Gasteiger partial charge in [0, 0.05) is 0 Å². The van der Waals surface area contributed by atoms with Crippen molar-refractivity contribution >= 4 is 0 Å². The molecule has 0 aromatic heterocycles. The van der Waals surface area contributed by atoms with Crippen molar-refractivity contribution < 1.29 is 0 Å². The predicted molar refractivity (Wildman–Crippen MR) is 98.7 cm³/mol. The van der Waals surface area contributed by atoms with Gasteiger partial charge in [-0.05, 0) is 31.3 Å². The zero-order valence-corrected chi connectivity index (χ0v) is 14.5. The average molecular weight is 289 g/mol. The van der Waals surface area contributed by atoms with E-state index in [-0.39, 0.29) is 0 Å². The van der Waals surface area contributed by atoms with Gasteiger partial charge in [0.2, 0.25) is 0 Å². The standard InChI is InChI=1S/C21H36/c1-5-8-10-12-13-16-20(4)17-15-19-21(7-3)18-14-11-9-6-2/h7,15,17,19H,3-6,8-14,16,18H2,1-2H3. The highest BCUT2D eigenvalue weighted by molar-refractivity contribution is 5.26. The van der Waals surface area contributed by atoms with Gasteiger partial charge in [-0.25, -0.2) is 0 Å². The van der Waals surface area contributed by atoms with Gasteiger partial charge in [0.1, 0.15) is 0 Å². The molecule has 120 valence electrons. The SMILES string of the molecule is C=CC(=CC=CC(=C)CCCCCCC)CCCCCC. The quantitative estimate of drug-likeness (QED) is 0.229. The molecule has 0 radical (unpaired) electrons. The number of hydrogen-bond acceptors (Lipinski definition) is 0. The molecule has 0 atom stereocenters. The first-order valence-corrected chi connectivity index (χ1v) is 8.92. The lowest BCUT2D eigenvalue weighted by molar-refractivity contribution is 0.633. The number of unbranched alkanes of at least 4 members (excludes halogenated alkanes) is 7. The summed E-state index contributed by atoms with van der Waals surface area (Å²) in [6.45, 7) is 12.6. The molecule has 0 amide bonds. The Balaban J connectivity index is 3.87. The van der Waals surface area contributed by atoms with Crippen LogP contribution in [0.1, 0.15) is 84.5 Å². The Morgan fingerprint density at radius 2 is 1.38 bits per heavy atom. The van der Waals surface area contributed by atoms with E-state index in [9.17, 15) is 0 Å². The fourth-order valence-corrected chi connectivity index (χ4v) is 2.36. The van der Waals surface area contributed by atoms with Crippen LogP contribution in [0.5, 0.6) is 0 Å². The zero-order chi connectivity index (χ0) is 15.8. The molecule has 0 heteroatoms. The second-order valence-electron chi connectivity index (χ2n) is 5.94. The molecule has 0 saturated carbocycles. The lowest BCUT2D eigenvalue weighted by atomic mass is 10.0. The molecule has 0 saturated heterocycles. The minimum absolute atomic E-state index is 1.13. The van der Waals surface area contributed by atoms with Gasteiger partial charge in [-0.1, -0.05) is 102 Å². The molecule has 0 aromatic rings. The van der Waals surface area contributed by atoms with Crippen LogP contribution in [0.3, 0.4) is 0 Å². The van der Waals surface area contributed by atoms with Crippen LogP contribution in [0.15, 0.2) is 48.6 Å². The van der Waals surface area contributed by atoms with Crippen LogP contribution in [0.2, 0.25) is 0 Å². The second-order valence-corrected chi connectivity index (χ2v) is 5.94. The van der Waals surface area contributed by atoms with Crippen LogP contribution in [0.25, 0.3) is 0 Å². The van der Waals surface area contributed by atoms with E-state index in [2.05, 4.69) is 45.2 Å². The fraction of sp³-hybridized carbons (Fsp3) is 0.619. The maximum Gasteiger partial charge on any atom is -0.0279 e. The third kappa shape index (κ3) is 13.7. The first-order chi connectivity index (χ1) is 10.2. The average Bonchev–Trinajstić information content (AvgIpc) is 2.49.